The van der Waals surface area contributed by atoms with Crippen LogP contribution in [0.5, 0.6) is 0 Å². The van der Waals surface area contributed by atoms with Gasteiger partial charge in [0.1, 0.15) is 5.69 Å². The standard InChI is InChI=1S/C12H18N4O/c13-10-11(15-8-16-12(10)17)14-7-6-9-4-2-1-3-5-9/h4,8H,1-3,5-7,13H2,(H2,14,15,16,17). The van der Waals surface area contributed by atoms with Crippen LogP contribution < -0.4 is 16.6 Å². The first-order valence-electron chi connectivity index (χ1n) is 6.02. The number of hydrogen-bond donors (Lipinski definition) is 3. The third-order valence-electron chi connectivity index (χ3n) is 3.01. The first kappa shape index (κ1) is 11.7. The van der Waals surface area contributed by atoms with E-state index in [-0.39, 0.29) is 11.2 Å². The Bertz CT molecular complexity index is 464. The number of rotatable bonds is 4. The van der Waals surface area contributed by atoms with Crippen LogP contribution in [0, 0.1) is 0 Å². The van der Waals surface area contributed by atoms with Crippen LogP contribution >= 0.6 is 0 Å². The minimum atomic E-state index is -0.292. The van der Waals surface area contributed by atoms with Gasteiger partial charge in [-0.05, 0) is 32.1 Å². The van der Waals surface area contributed by atoms with Gasteiger partial charge in [0.05, 0.1) is 6.33 Å². The summed E-state index contributed by atoms with van der Waals surface area (Å²) in [6.45, 7) is 0.770. The molecule has 0 unspecified atom stereocenters. The Kier molecular flexibility index (Phi) is 3.80. The molecule has 0 saturated carbocycles. The highest BCUT2D eigenvalue weighted by molar-refractivity contribution is 5.58. The van der Waals surface area contributed by atoms with Gasteiger partial charge in [0.2, 0.25) is 0 Å². The van der Waals surface area contributed by atoms with Crippen LogP contribution in [0.2, 0.25) is 0 Å². The maximum atomic E-state index is 11.2. The Balaban J connectivity index is 1.87. The van der Waals surface area contributed by atoms with Crippen molar-refractivity contribution < 1.29 is 0 Å². The molecule has 92 valence electrons. The molecule has 0 atom stereocenters. The summed E-state index contributed by atoms with van der Waals surface area (Å²) in [5.41, 5.74) is 6.98. The summed E-state index contributed by atoms with van der Waals surface area (Å²) in [5, 5.41) is 3.10. The molecular weight excluding hydrogens is 216 g/mol. The number of nitrogen functional groups attached to an aromatic ring is 1. The van der Waals surface area contributed by atoms with E-state index in [9.17, 15) is 4.79 Å². The molecule has 1 aliphatic carbocycles. The smallest absolute Gasteiger partial charge is 0.276 e. The Morgan fingerprint density at radius 2 is 2.35 bits per heavy atom. The molecule has 0 aromatic carbocycles. The quantitative estimate of drug-likeness (QED) is 0.692. The van der Waals surface area contributed by atoms with Crippen molar-refractivity contribution in [3.63, 3.8) is 0 Å². The third-order valence-corrected chi connectivity index (χ3v) is 3.01. The Morgan fingerprint density at radius 3 is 3.12 bits per heavy atom. The van der Waals surface area contributed by atoms with Gasteiger partial charge in [0, 0.05) is 6.54 Å². The number of hydrogen-bond acceptors (Lipinski definition) is 4. The normalized spacial score (nSPS) is 15.4. The molecule has 17 heavy (non-hydrogen) atoms. The lowest BCUT2D eigenvalue weighted by molar-refractivity contribution is 0.679. The van der Waals surface area contributed by atoms with Gasteiger partial charge >= 0.3 is 0 Å². The SMILES string of the molecule is Nc1c(NCCC2=CCCCC2)nc[nH]c1=O. The number of nitrogens with two attached hydrogens (primary N) is 1. The number of allylic oxidation sites excluding steroid dienone is 1. The van der Waals surface area contributed by atoms with Gasteiger partial charge in [-0.2, -0.15) is 0 Å². The molecule has 1 aliphatic rings. The molecule has 4 N–H and O–H groups in total. The van der Waals surface area contributed by atoms with Gasteiger partial charge in [-0.3, -0.25) is 4.79 Å². The van der Waals surface area contributed by atoms with E-state index in [0.717, 1.165) is 13.0 Å². The highest BCUT2D eigenvalue weighted by Crippen LogP contribution is 2.20. The summed E-state index contributed by atoms with van der Waals surface area (Å²) in [6, 6.07) is 0. The number of H-pyrrole nitrogens is 1. The summed E-state index contributed by atoms with van der Waals surface area (Å²) in [7, 11) is 0. The average Bonchev–Trinajstić information content (AvgIpc) is 2.36. The highest BCUT2D eigenvalue weighted by Gasteiger charge is 2.05. The second-order valence-electron chi connectivity index (χ2n) is 4.28. The molecule has 0 fully saturated rings. The topological polar surface area (TPSA) is 83.8 Å². The van der Waals surface area contributed by atoms with Crippen LogP contribution in [0.4, 0.5) is 11.5 Å². The van der Waals surface area contributed by atoms with E-state index in [4.69, 9.17) is 5.73 Å². The molecule has 0 spiro atoms. The van der Waals surface area contributed by atoms with Crippen molar-refractivity contribution in [1.82, 2.24) is 9.97 Å². The van der Waals surface area contributed by atoms with Gasteiger partial charge < -0.3 is 16.0 Å². The summed E-state index contributed by atoms with van der Waals surface area (Å²) < 4.78 is 0. The first-order chi connectivity index (χ1) is 8.27. The maximum Gasteiger partial charge on any atom is 0.276 e. The zero-order chi connectivity index (χ0) is 12.1. The number of aromatic amines is 1. The van der Waals surface area contributed by atoms with Crippen molar-refractivity contribution in [3.8, 4) is 0 Å². The van der Waals surface area contributed by atoms with E-state index < -0.39 is 0 Å². The van der Waals surface area contributed by atoms with E-state index in [2.05, 4.69) is 21.4 Å². The van der Waals surface area contributed by atoms with E-state index >= 15 is 0 Å². The van der Waals surface area contributed by atoms with Crippen molar-refractivity contribution >= 4 is 11.5 Å². The number of anilines is 2. The predicted octanol–water partition coefficient (Wildman–Crippen LogP) is 1.65. The fourth-order valence-electron chi connectivity index (χ4n) is 2.02. The molecule has 1 aromatic heterocycles. The second-order valence-corrected chi connectivity index (χ2v) is 4.28. The lowest BCUT2D eigenvalue weighted by Gasteiger charge is -2.13. The van der Waals surface area contributed by atoms with Crippen molar-refractivity contribution in [3.05, 3.63) is 28.3 Å². The van der Waals surface area contributed by atoms with Gasteiger partial charge in [0.25, 0.3) is 5.56 Å². The van der Waals surface area contributed by atoms with Crippen molar-refractivity contribution in [1.29, 1.82) is 0 Å². The molecule has 0 bridgehead atoms. The van der Waals surface area contributed by atoms with Gasteiger partial charge in [-0.15, -0.1) is 0 Å². The molecule has 5 nitrogen and oxygen atoms in total. The molecule has 0 saturated heterocycles. The number of nitrogens with zero attached hydrogens (tertiary/aromatic N) is 1. The molecule has 1 aromatic rings. The van der Waals surface area contributed by atoms with E-state index in [1.807, 2.05) is 0 Å². The Morgan fingerprint density at radius 1 is 1.47 bits per heavy atom. The monoisotopic (exact) mass is 234 g/mol. The maximum absolute atomic E-state index is 11.2. The number of nitrogens with one attached hydrogen (secondary N) is 2. The minimum absolute atomic E-state index is 0.158. The van der Waals surface area contributed by atoms with Crippen LogP contribution in [0.15, 0.2) is 22.8 Å². The van der Waals surface area contributed by atoms with Crippen molar-refractivity contribution in [2.45, 2.75) is 32.1 Å². The van der Waals surface area contributed by atoms with Crippen LogP contribution in [-0.2, 0) is 0 Å². The lowest BCUT2D eigenvalue weighted by Crippen LogP contribution is -2.17. The van der Waals surface area contributed by atoms with Crippen LogP contribution in [-0.4, -0.2) is 16.5 Å². The van der Waals surface area contributed by atoms with E-state index in [1.54, 1.807) is 0 Å². The lowest BCUT2D eigenvalue weighted by atomic mass is 9.97. The molecule has 1 heterocycles. The molecule has 2 rings (SSSR count). The molecule has 0 amide bonds. The third kappa shape index (κ3) is 3.09. The van der Waals surface area contributed by atoms with Gasteiger partial charge in [-0.25, -0.2) is 4.98 Å². The van der Waals surface area contributed by atoms with Crippen LogP contribution in [0.3, 0.4) is 0 Å². The van der Waals surface area contributed by atoms with Gasteiger partial charge in [-0.1, -0.05) is 11.6 Å². The minimum Gasteiger partial charge on any atom is -0.391 e. The molecule has 5 heteroatoms. The van der Waals surface area contributed by atoms with E-state index in [0.29, 0.717) is 5.82 Å². The van der Waals surface area contributed by atoms with E-state index in [1.165, 1.54) is 37.6 Å². The van der Waals surface area contributed by atoms with Crippen molar-refractivity contribution in [2.24, 2.45) is 0 Å². The molecule has 0 aliphatic heterocycles. The first-order valence-corrected chi connectivity index (χ1v) is 6.02. The van der Waals surface area contributed by atoms with Gasteiger partial charge in [0.15, 0.2) is 5.82 Å². The summed E-state index contributed by atoms with van der Waals surface area (Å²) in [4.78, 5) is 17.7. The molecule has 0 radical (unpaired) electrons. The predicted molar refractivity (Wildman–Crippen MR) is 68.9 cm³/mol. The van der Waals surface area contributed by atoms with Crippen LogP contribution in [0.25, 0.3) is 0 Å². The summed E-state index contributed by atoms with van der Waals surface area (Å²) in [6.07, 6.45) is 9.66. The fourth-order valence-corrected chi connectivity index (χ4v) is 2.02. The summed E-state index contributed by atoms with van der Waals surface area (Å²) in [5.74, 6) is 0.477. The number of aromatic nitrogens is 2. The average molecular weight is 234 g/mol. The van der Waals surface area contributed by atoms with Crippen molar-refractivity contribution in [2.75, 3.05) is 17.6 Å². The Hall–Kier alpha value is -1.78. The second kappa shape index (κ2) is 5.52. The van der Waals surface area contributed by atoms with Crippen LogP contribution in [0.1, 0.15) is 32.1 Å². The zero-order valence-corrected chi connectivity index (χ0v) is 9.83. The highest BCUT2D eigenvalue weighted by atomic mass is 16.1. The fraction of sp³-hybridized carbons (Fsp3) is 0.500. The Labute approximate surface area is 100 Å². The summed E-state index contributed by atoms with van der Waals surface area (Å²) >= 11 is 0. The zero-order valence-electron chi connectivity index (χ0n) is 9.83. The largest absolute Gasteiger partial charge is 0.391 e. The molecular formula is C12H18N4O.